The topological polar surface area (TPSA) is 86.2 Å². The van der Waals surface area contributed by atoms with Crippen molar-refractivity contribution in [2.24, 2.45) is 0 Å². The number of aromatic nitrogens is 1. The minimum absolute atomic E-state index is 0.167. The van der Waals surface area contributed by atoms with E-state index in [0.29, 0.717) is 17.4 Å². The number of aliphatic hydroxyl groups excluding tert-OH is 1. The van der Waals surface area contributed by atoms with Crippen molar-refractivity contribution >= 4 is 5.82 Å². The summed E-state index contributed by atoms with van der Waals surface area (Å²) in [6.45, 7) is 5.89. The van der Waals surface area contributed by atoms with Crippen molar-refractivity contribution in [3.05, 3.63) is 46.6 Å². The minimum Gasteiger partial charge on any atom is -0.384 e. The second-order valence-corrected chi connectivity index (χ2v) is 6.64. The number of nitriles is 1. The van der Waals surface area contributed by atoms with Gasteiger partial charge in [-0.15, -0.1) is 0 Å². The number of nitrogens with zero attached hydrogens (tertiary/aromatic N) is 3. The van der Waals surface area contributed by atoms with Gasteiger partial charge in [0.2, 0.25) is 0 Å². The molecule has 3 rings (SSSR count). The number of benzene rings is 1. The molecular formula is C21H22N4O. The molecule has 5 heteroatoms. The maximum Gasteiger partial charge on any atom is 0.142 e. The van der Waals surface area contributed by atoms with E-state index in [1.807, 2.05) is 24.3 Å². The van der Waals surface area contributed by atoms with E-state index in [-0.39, 0.29) is 6.61 Å². The lowest BCUT2D eigenvalue weighted by Gasteiger charge is -2.33. The van der Waals surface area contributed by atoms with Gasteiger partial charge in [-0.2, -0.15) is 5.26 Å². The first-order valence-electron chi connectivity index (χ1n) is 8.70. The van der Waals surface area contributed by atoms with Gasteiger partial charge in [-0.3, -0.25) is 4.90 Å². The van der Waals surface area contributed by atoms with Crippen molar-refractivity contribution in [3.8, 4) is 29.0 Å². The predicted octanol–water partition coefficient (Wildman–Crippen LogP) is 2.31. The maximum absolute atomic E-state index is 9.67. The lowest BCUT2D eigenvalue weighted by molar-refractivity contribution is 0.202. The molecule has 0 fully saturated rings. The Hall–Kier alpha value is -2.86. The molecule has 0 aliphatic carbocycles. The van der Waals surface area contributed by atoms with Gasteiger partial charge in [0, 0.05) is 42.4 Å². The molecule has 1 aliphatic heterocycles. The predicted molar refractivity (Wildman–Crippen MR) is 102 cm³/mol. The highest BCUT2D eigenvalue weighted by atomic mass is 16.2. The number of anilines is 1. The standard InChI is InChI=1S/C21H22N4O/c1-14(2)25-10-9-19-18(13-25)20(17(12-22)21(23)24-19)16-7-5-15(6-8-16)4-3-11-26/h5-8,14,26H,9-11,13H2,1-2H3,(H2,23,24). The molecule has 0 atom stereocenters. The summed E-state index contributed by atoms with van der Waals surface area (Å²) < 4.78 is 0. The molecule has 0 radical (unpaired) electrons. The second kappa shape index (κ2) is 7.58. The van der Waals surface area contributed by atoms with Crippen LogP contribution in [0.4, 0.5) is 5.82 Å². The normalized spacial score (nSPS) is 13.7. The molecule has 1 aromatic heterocycles. The molecule has 0 amide bonds. The van der Waals surface area contributed by atoms with Crippen LogP contribution in [0.2, 0.25) is 0 Å². The first-order valence-corrected chi connectivity index (χ1v) is 8.70. The number of rotatable bonds is 2. The van der Waals surface area contributed by atoms with Gasteiger partial charge >= 0.3 is 0 Å². The van der Waals surface area contributed by atoms with Crippen molar-refractivity contribution in [2.75, 3.05) is 18.9 Å². The summed E-state index contributed by atoms with van der Waals surface area (Å²) in [5.41, 5.74) is 11.2. The number of pyridine rings is 1. The van der Waals surface area contributed by atoms with E-state index < -0.39 is 0 Å². The van der Waals surface area contributed by atoms with Crippen LogP contribution >= 0.6 is 0 Å². The zero-order valence-corrected chi connectivity index (χ0v) is 15.1. The molecule has 0 saturated carbocycles. The van der Waals surface area contributed by atoms with Crippen LogP contribution in [0, 0.1) is 23.2 Å². The summed E-state index contributed by atoms with van der Waals surface area (Å²) in [7, 11) is 0. The zero-order valence-electron chi connectivity index (χ0n) is 15.1. The van der Waals surface area contributed by atoms with E-state index in [1.54, 1.807) is 0 Å². The number of aliphatic hydroxyl groups is 1. The van der Waals surface area contributed by atoms with Crippen molar-refractivity contribution in [2.45, 2.75) is 32.9 Å². The maximum atomic E-state index is 9.67. The van der Waals surface area contributed by atoms with Crippen molar-refractivity contribution in [3.63, 3.8) is 0 Å². The SMILES string of the molecule is CC(C)N1CCc2nc(N)c(C#N)c(-c3ccc(C#CCO)cc3)c2C1. The molecule has 1 aromatic carbocycles. The minimum atomic E-state index is -0.167. The average molecular weight is 346 g/mol. The summed E-state index contributed by atoms with van der Waals surface area (Å²) >= 11 is 0. The highest BCUT2D eigenvalue weighted by Gasteiger charge is 2.26. The van der Waals surface area contributed by atoms with Crippen molar-refractivity contribution in [1.82, 2.24) is 9.88 Å². The van der Waals surface area contributed by atoms with Crippen molar-refractivity contribution in [1.29, 1.82) is 5.26 Å². The third-order valence-electron chi connectivity index (χ3n) is 4.74. The molecule has 0 unspecified atom stereocenters. The Kier molecular flexibility index (Phi) is 5.23. The molecule has 26 heavy (non-hydrogen) atoms. The molecule has 3 N–H and O–H groups in total. The highest BCUT2D eigenvalue weighted by Crippen LogP contribution is 2.35. The van der Waals surface area contributed by atoms with Gasteiger partial charge in [-0.1, -0.05) is 24.0 Å². The molecule has 0 saturated heterocycles. The molecule has 1 aliphatic rings. The van der Waals surface area contributed by atoms with E-state index in [9.17, 15) is 5.26 Å². The van der Waals surface area contributed by atoms with Crippen LogP contribution in [-0.4, -0.2) is 34.2 Å². The second-order valence-electron chi connectivity index (χ2n) is 6.64. The van der Waals surface area contributed by atoms with Crippen LogP contribution in [-0.2, 0) is 13.0 Å². The first-order chi connectivity index (χ1) is 12.5. The molecule has 2 aromatic rings. The van der Waals surface area contributed by atoms with Gasteiger partial charge in [0.1, 0.15) is 24.1 Å². The van der Waals surface area contributed by atoms with Crippen LogP contribution < -0.4 is 5.73 Å². The van der Waals surface area contributed by atoms with Crippen LogP contribution in [0.15, 0.2) is 24.3 Å². The third kappa shape index (κ3) is 3.41. The van der Waals surface area contributed by atoms with E-state index in [0.717, 1.165) is 47.5 Å². The summed E-state index contributed by atoms with van der Waals surface area (Å²) in [5, 5.41) is 18.5. The molecule has 2 heterocycles. The Morgan fingerprint density at radius 3 is 2.65 bits per heavy atom. The fourth-order valence-corrected chi connectivity index (χ4v) is 3.34. The molecule has 5 nitrogen and oxygen atoms in total. The zero-order chi connectivity index (χ0) is 18.7. The lowest BCUT2D eigenvalue weighted by atomic mass is 9.90. The van der Waals surface area contributed by atoms with E-state index in [1.165, 1.54) is 0 Å². The third-order valence-corrected chi connectivity index (χ3v) is 4.74. The Labute approximate surface area is 154 Å². The summed E-state index contributed by atoms with van der Waals surface area (Å²) in [6, 6.07) is 10.4. The van der Waals surface area contributed by atoms with Gasteiger partial charge in [0.25, 0.3) is 0 Å². The number of fused-ring (bicyclic) bond motifs is 1. The van der Waals surface area contributed by atoms with Crippen molar-refractivity contribution < 1.29 is 5.11 Å². The van der Waals surface area contributed by atoms with Gasteiger partial charge in [-0.05, 0) is 37.1 Å². The van der Waals surface area contributed by atoms with E-state index in [2.05, 4.69) is 41.6 Å². The quantitative estimate of drug-likeness (QED) is 0.815. The van der Waals surface area contributed by atoms with Crippen LogP contribution in [0.25, 0.3) is 11.1 Å². The lowest BCUT2D eigenvalue weighted by Crippen LogP contribution is -2.36. The Bertz CT molecular complexity index is 914. The number of nitrogens with two attached hydrogens (primary N) is 1. The fourth-order valence-electron chi connectivity index (χ4n) is 3.34. The Morgan fingerprint density at radius 2 is 2.04 bits per heavy atom. The fraction of sp³-hybridized carbons (Fsp3) is 0.333. The molecule has 0 bridgehead atoms. The molecule has 0 spiro atoms. The van der Waals surface area contributed by atoms with E-state index >= 15 is 0 Å². The summed E-state index contributed by atoms with van der Waals surface area (Å²) in [6.07, 6.45) is 0.830. The smallest absolute Gasteiger partial charge is 0.142 e. The van der Waals surface area contributed by atoms with Gasteiger partial charge in [0.15, 0.2) is 0 Å². The number of nitrogen functional groups attached to an aromatic ring is 1. The van der Waals surface area contributed by atoms with Crippen LogP contribution in [0.3, 0.4) is 0 Å². The first kappa shape index (κ1) is 17.9. The van der Waals surface area contributed by atoms with Gasteiger partial charge < -0.3 is 10.8 Å². The Morgan fingerprint density at radius 1 is 1.31 bits per heavy atom. The average Bonchev–Trinajstić information content (AvgIpc) is 2.65. The number of hydrogen-bond acceptors (Lipinski definition) is 5. The number of hydrogen-bond donors (Lipinski definition) is 2. The Balaban J connectivity index is 2.14. The van der Waals surface area contributed by atoms with Gasteiger partial charge in [-0.25, -0.2) is 4.98 Å². The monoisotopic (exact) mass is 346 g/mol. The van der Waals surface area contributed by atoms with Gasteiger partial charge in [0.05, 0.1) is 0 Å². The summed E-state index contributed by atoms with van der Waals surface area (Å²) in [4.78, 5) is 6.88. The summed E-state index contributed by atoms with van der Waals surface area (Å²) in [5.74, 6) is 5.82. The van der Waals surface area contributed by atoms with E-state index in [4.69, 9.17) is 10.8 Å². The van der Waals surface area contributed by atoms with Crippen LogP contribution in [0.1, 0.15) is 36.2 Å². The van der Waals surface area contributed by atoms with Crippen LogP contribution in [0.5, 0.6) is 0 Å². The highest BCUT2D eigenvalue weighted by molar-refractivity contribution is 5.79. The molecule has 132 valence electrons. The largest absolute Gasteiger partial charge is 0.384 e. The molecular weight excluding hydrogens is 324 g/mol.